The first-order valence-electron chi connectivity index (χ1n) is 7.34. The first-order chi connectivity index (χ1) is 11.6. The van der Waals surface area contributed by atoms with E-state index in [-0.39, 0.29) is 11.7 Å². The van der Waals surface area contributed by atoms with Crippen molar-refractivity contribution in [3.8, 4) is 0 Å². The van der Waals surface area contributed by atoms with Gasteiger partial charge in [0.05, 0.1) is 10.6 Å². The largest absolute Gasteiger partial charge is 0.338 e. The Balaban J connectivity index is 1.98. The second-order valence-corrected chi connectivity index (χ2v) is 5.74. The van der Waals surface area contributed by atoms with Gasteiger partial charge in [0.1, 0.15) is 17.7 Å². The molecule has 2 aromatic carbocycles. The van der Waals surface area contributed by atoms with Gasteiger partial charge >= 0.3 is 0 Å². The van der Waals surface area contributed by atoms with Crippen LogP contribution in [-0.4, -0.2) is 15.5 Å². The molecule has 1 heterocycles. The predicted octanol–water partition coefficient (Wildman–Crippen LogP) is 3.73. The molecule has 0 saturated carbocycles. The highest BCUT2D eigenvalue weighted by Gasteiger charge is 2.22. The van der Waals surface area contributed by atoms with Crippen LogP contribution in [0.25, 0.3) is 0 Å². The number of nitrogens with zero attached hydrogens (tertiary/aromatic N) is 2. The summed E-state index contributed by atoms with van der Waals surface area (Å²) in [6.45, 7) is 0. The molecule has 1 N–H and O–H groups in total. The Kier molecular flexibility index (Phi) is 4.62. The molecule has 122 valence electrons. The van der Waals surface area contributed by atoms with Crippen LogP contribution >= 0.6 is 11.6 Å². The molecule has 0 aliphatic rings. The van der Waals surface area contributed by atoms with Gasteiger partial charge in [-0.2, -0.15) is 0 Å². The molecule has 24 heavy (non-hydrogen) atoms. The number of aromatic nitrogens is 2. The van der Waals surface area contributed by atoms with Crippen molar-refractivity contribution in [3.05, 3.63) is 88.7 Å². The molecule has 0 saturated heterocycles. The van der Waals surface area contributed by atoms with E-state index in [1.807, 2.05) is 7.05 Å². The predicted molar refractivity (Wildman–Crippen MR) is 90.4 cm³/mol. The van der Waals surface area contributed by atoms with E-state index in [2.05, 4.69) is 10.3 Å². The van der Waals surface area contributed by atoms with Crippen molar-refractivity contribution >= 4 is 17.5 Å². The number of amides is 1. The Bertz CT molecular complexity index is 878. The molecule has 0 aliphatic carbocycles. The van der Waals surface area contributed by atoms with Crippen molar-refractivity contribution in [1.29, 1.82) is 0 Å². The maximum atomic E-state index is 13.6. The summed E-state index contributed by atoms with van der Waals surface area (Å²) in [6.07, 6.45) is 3.40. The lowest BCUT2D eigenvalue weighted by atomic mass is 10.0. The smallest absolute Gasteiger partial charge is 0.253 e. The maximum Gasteiger partial charge on any atom is 0.253 e. The van der Waals surface area contributed by atoms with Gasteiger partial charge in [-0.3, -0.25) is 4.79 Å². The van der Waals surface area contributed by atoms with Crippen molar-refractivity contribution in [3.63, 3.8) is 0 Å². The van der Waals surface area contributed by atoms with Crippen LogP contribution in [-0.2, 0) is 7.05 Å². The van der Waals surface area contributed by atoms with E-state index >= 15 is 0 Å². The lowest BCUT2D eigenvalue weighted by molar-refractivity contribution is 0.0941. The lowest BCUT2D eigenvalue weighted by Gasteiger charge is -2.19. The van der Waals surface area contributed by atoms with Gasteiger partial charge in [0, 0.05) is 19.4 Å². The standard InChI is InChI=1S/C18H15ClFN3O/c1-23-10-9-21-17(23)16(12-5-4-6-13(20)11-12)22-18(24)14-7-2-3-8-15(14)19/h2-11,16H,1H3,(H,22,24)/t16-/m1/s1. The number of hydrogen-bond donors (Lipinski definition) is 1. The Labute approximate surface area is 143 Å². The van der Waals surface area contributed by atoms with E-state index in [0.29, 0.717) is 22.0 Å². The van der Waals surface area contributed by atoms with Gasteiger partial charge in [0.2, 0.25) is 0 Å². The SMILES string of the molecule is Cn1ccnc1[C@H](NC(=O)c1ccccc1Cl)c1cccc(F)c1. The van der Waals surface area contributed by atoms with Gasteiger partial charge in [-0.25, -0.2) is 9.37 Å². The first kappa shape index (κ1) is 16.2. The molecule has 1 atom stereocenters. The third kappa shape index (κ3) is 3.31. The monoisotopic (exact) mass is 343 g/mol. The van der Waals surface area contributed by atoms with E-state index in [1.54, 1.807) is 53.4 Å². The molecule has 1 amide bonds. The molecule has 3 aromatic rings. The second-order valence-electron chi connectivity index (χ2n) is 5.34. The highest BCUT2D eigenvalue weighted by molar-refractivity contribution is 6.33. The van der Waals surface area contributed by atoms with Crippen molar-refractivity contribution in [1.82, 2.24) is 14.9 Å². The van der Waals surface area contributed by atoms with E-state index in [4.69, 9.17) is 11.6 Å². The summed E-state index contributed by atoms with van der Waals surface area (Å²) in [5, 5.41) is 3.24. The topological polar surface area (TPSA) is 46.9 Å². The zero-order valence-electron chi connectivity index (χ0n) is 12.9. The Hall–Kier alpha value is -2.66. The molecule has 4 nitrogen and oxygen atoms in total. The summed E-state index contributed by atoms with van der Waals surface area (Å²) >= 11 is 6.09. The molecule has 0 radical (unpaired) electrons. The average molecular weight is 344 g/mol. The number of nitrogens with one attached hydrogen (secondary N) is 1. The van der Waals surface area contributed by atoms with Crippen LogP contribution < -0.4 is 5.32 Å². The van der Waals surface area contributed by atoms with Crippen LogP contribution in [0, 0.1) is 5.82 Å². The van der Waals surface area contributed by atoms with Crippen LogP contribution in [0.2, 0.25) is 5.02 Å². The minimum Gasteiger partial charge on any atom is -0.338 e. The number of carbonyl (C=O) groups is 1. The minimum atomic E-state index is -0.593. The third-order valence-corrected chi connectivity index (χ3v) is 4.02. The van der Waals surface area contributed by atoms with Gasteiger partial charge in [-0.15, -0.1) is 0 Å². The van der Waals surface area contributed by atoms with E-state index in [1.165, 1.54) is 12.1 Å². The average Bonchev–Trinajstić information content (AvgIpc) is 2.98. The molecule has 3 rings (SSSR count). The fourth-order valence-electron chi connectivity index (χ4n) is 2.49. The summed E-state index contributed by atoms with van der Waals surface area (Å²) in [6, 6.07) is 12.3. The fraction of sp³-hybridized carbons (Fsp3) is 0.111. The molecule has 0 spiro atoms. The molecule has 1 aromatic heterocycles. The summed E-state index contributed by atoms with van der Waals surface area (Å²) in [5.41, 5.74) is 0.958. The van der Waals surface area contributed by atoms with E-state index in [0.717, 1.165) is 0 Å². The zero-order chi connectivity index (χ0) is 17.1. The van der Waals surface area contributed by atoms with Gasteiger partial charge in [0.15, 0.2) is 0 Å². The molecule has 0 unspecified atom stereocenters. The Morgan fingerprint density at radius 3 is 2.71 bits per heavy atom. The van der Waals surface area contributed by atoms with Crippen LogP contribution in [0.15, 0.2) is 60.9 Å². The lowest BCUT2D eigenvalue weighted by Crippen LogP contribution is -2.31. The number of rotatable bonds is 4. The molecular weight excluding hydrogens is 329 g/mol. The number of benzene rings is 2. The van der Waals surface area contributed by atoms with Crippen molar-refractivity contribution in [2.75, 3.05) is 0 Å². The van der Waals surface area contributed by atoms with Crippen LogP contribution in [0.5, 0.6) is 0 Å². The zero-order valence-corrected chi connectivity index (χ0v) is 13.7. The number of aryl methyl sites for hydroxylation is 1. The quantitative estimate of drug-likeness (QED) is 0.784. The van der Waals surface area contributed by atoms with Gasteiger partial charge in [-0.1, -0.05) is 35.9 Å². The highest BCUT2D eigenvalue weighted by Crippen LogP contribution is 2.23. The van der Waals surface area contributed by atoms with Gasteiger partial charge < -0.3 is 9.88 Å². The van der Waals surface area contributed by atoms with Crippen LogP contribution in [0.4, 0.5) is 4.39 Å². The van der Waals surface area contributed by atoms with Crippen LogP contribution in [0.1, 0.15) is 27.8 Å². The summed E-state index contributed by atoms with van der Waals surface area (Å²) in [7, 11) is 1.82. The maximum absolute atomic E-state index is 13.6. The number of carbonyl (C=O) groups excluding carboxylic acids is 1. The molecule has 6 heteroatoms. The van der Waals surface area contributed by atoms with Crippen LogP contribution in [0.3, 0.4) is 0 Å². The second kappa shape index (κ2) is 6.84. The number of imidazole rings is 1. The normalized spacial score (nSPS) is 12.0. The fourth-order valence-corrected chi connectivity index (χ4v) is 2.71. The molecular formula is C18H15ClFN3O. The van der Waals surface area contributed by atoms with E-state index < -0.39 is 6.04 Å². The third-order valence-electron chi connectivity index (χ3n) is 3.69. The highest BCUT2D eigenvalue weighted by atomic mass is 35.5. The molecule has 0 fully saturated rings. The van der Waals surface area contributed by atoms with Crippen molar-refractivity contribution in [2.24, 2.45) is 7.05 Å². The van der Waals surface area contributed by atoms with Gasteiger partial charge in [-0.05, 0) is 29.8 Å². The minimum absolute atomic E-state index is 0.349. The Morgan fingerprint density at radius 1 is 1.25 bits per heavy atom. The summed E-state index contributed by atoms with van der Waals surface area (Å²) in [5.74, 6) is -0.127. The molecule has 0 aliphatic heterocycles. The number of hydrogen-bond acceptors (Lipinski definition) is 2. The van der Waals surface area contributed by atoms with Crippen molar-refractivity contribution in [2.45, 2.75) is 6.04 Å². The summed E-state index contributed by atoms with van der Waals surface area (Å²) in [4.78, 5) is 16.9. The number of halogens is 2. The molecule has 0 bridgehead atoms. The van der Waals surface area contributed by atoms with Crippen molar-refractivity contribution < 1.29 is 9.18 Å². The van der Waals surface area contributed by atoms with E-state index in [9.17, 15) is 9.18 Å². The Morgan fingerprint density at radius 2 is 2.04 bits per heavy atom. The summed E-state index contributed by atoms with van der Waals surface area (Å²) < 4.78 is 15.4. The first-order valence-corrected chi connectivity index (χ1v) is 7.72. The van der Waals surface area contributed by atoms with Gasteiger partial charge in [0.25, 0.3) is 5.91 Å².